The Kier molecular flexibility index (Phi) is 4.58. The molecule has 27 heavy (non-hydrogen) atoms. The van der Waals surface area contributed by atoms with Crippen molar-refractivity contribution < 1.29 is 13.9 Å². The van der Waals surface area contributed by atoms with Crippen LogP contribution in [0.25, 0.3) is 11.3 Å². The molecule has 0 aliphatic carbocycles. The van der Waals surface area contributed by atoms with E-state index in [9.17, 15) is 9.18 Å². The molecule has 0 saturated carbocycles. The van der Waals surface area contributed by atoms with E-state index in [0.29, 0.717) is 30.8 Å². The maximum Gasteiger partial charge on any atom is 0.223 e. The molecule has 4 rings (SSSR count). The van der Waals surface area contributed by atoms with Gasteiger partial charge in [0, 0.05) is 43.4 Å². The summed E-state index contributed by atoms with van der Waals surface area (Å²) < 4.78 is 18.9. The number of rotatable bonds is 5. The van der Waals surface area contributed by atoms with Gasteiger partial charge in [0.15, 0.2) is 11.6 Å². The van der Waals surface area contributed by atoms with Gasteiger partial charge in [0.25, 0.3) is 0 Å². The second-order valence-corrected chi connectivity index (χ2v) is 6.56. The number of carbonyl (C=O) groups excluding carboxylic acids is 1. The monoisotopic (exact) mass is 366 g/mol. The molecule has 0 bridgehead atoms. The summed E-state index contributed by atoms with van der Waals surface area (Å²) in [5.74, 6) is 0.616. The van der Waals surface area contributed by atoms with Gasteiger partial charge in [-0.2, -0.15) is 0 Å². The van der Waals surface area contributed by atoms with Crippen LogP contribution in [-0.2, 0) is 11.3 Å². The quantitative estimate of drug-likeness (QED) is 0.753. The van der Waals surface area contributed by atoms with Crippen LogP contribution >= 0.6 is 0 Å². The number of likely N-dealkylation sites (tertiary alicyclic amines) is 1. The first-order valence-corrected chi connectivity index (χ1v) is 8.69. The molecule has 7 heteroatoms. The standard InChI is InChI=1S/C20H19FN4O2/c1-27-18-3-2-14(8-16(18)21)17-10-23-20(24-17)15-9-19(26)25(12-15)11-13-4-6-22-7-5-13/h2-8,10,15H,9,11-12H2,1H3,(H,23,24). The van der Waals surface area contributed by atoms with Gasteiger partial charge in [-0.1, -0.05) is 0 Å². The van der Waals surface area contributed by atoms with E-state index in [-0.39, 0.29) is 17.6 Å². The first kappa shape index (κ1) is 17.2. The number of nitrogens with one attached hydrogen (secondary N) is 1. The third kappa shape index (κ3) is 3.53. The molecule has 0 spiro atoms. The number of benzene rings is 1. The lowest BCUT2D eigenvalue weighted by Gasteiger charge is -2.16. The van der Waals surface area contributed by atoms with Gasteiger partial charge in [-0.05, 0) is 35.9 Å². The lowest BCUT2D eigenvalue weighted by molar-refractivity contribution is -0.128. The Morgan fingerprint density at radius 1 is 1.30 bits per heavy atom. The second-order valence-electron chi connectivity index (χ2n) is 6.56. The van der Waals surface area contributed by atoms with Crippen molar-refractivity contribution in [2.45, 2.75) is 18.9 Å². The molecule has 1 aromatic carbocycles. The number of hydrogen-bond donors (Lipinski definition) is 1. The maximum atomic E-state index is 13.9. The lowest BCUT2D eigenvalue weighted by Crippen LogP contribution is -2.24. The third-order valence-corrected chi connectivity index (χ3v) is 4.78. The van der Waals surface area contributed by atoms with Gasteiger partial charge in [0.1, 0.15) is 5.82 Å². The van der Waals surface area contributed by atoms with Crippen LogP contribution in [0.5, 0.6) is 5.75 Å². The summed E-state index contributed by atoms with van der Waals surface area (Å²) in [5.41, 5.74) is 2.45. The van der Waals surface area contributed by atoms with Gasteiger partial charge in [0.05, 0.1) is 19.0 Å². The number of nitrogens with zero attached hydrogens (tertiary/aromatic N) is 3. The average molecular weight is 366 g/mol. The summed E-state index contributed by atoms with van der Waals surface area (Å²) in [6, 6.07) is 8.58. The molecule has 1 unspecified atom stereocenters. The van der Waals surface area contributed by atoms with Gasteiger partial charge < -0.3 is 14.6 Å². The summed E-state index contributed by atoms with van der Waals surface area (Å²) in [4.78, 5) is 25.8. The molecule has 1 aliphatic rings. The van der Waals surface area contributed by atoms with E-state index in [1.165, 1.54) is 13.2 Å². The minimum Gasteiger partial charge on any atom is -0.494 e. The van der Waals surface area contributed by atoms with Crippen molar-refractivity contribution in [3.63, 3.8) is 0 Å². The number of carbonyl (C=O) groups is 1. The molecule has 1 amide bonds. The highest BCUT2D eigenvalue weighted by Crippen LogP contribution is 2.30. The first-order valence-electron chi connectivity index (χ1n) is 8.69. The molecule has 3 heterocycles. The highest BCUT2D eigenvalue weighted by atomic mass is 19.1. The normalized spacial score (nSPS) is 16.7. The van der Waals surface area contributed by atoms with Crippen LogP contribution in [0.3, 0.4) is 0 Å². The van der Waals surface area contributed by atoms with Crippen LogP contribution in [0, 0.1) is 5.82 Å². The molecule has 0 radical (unpaired) electrons. The number of halogens is 1. The van der Waals surface area contributed by atoms with Crippen LogP contribution in [0.1, 0.15) is 23.7 Å². The Hall–Kier alpha value is -3.22. The molecule has 138 valence electrons. The van der Waals surface area contributed by atoms with E-state index >= 15 is 0 Å². The summed E-state index contributed by atoms with van der Waals surface area (Å²) in [7, 11) is 1.43. The minimum absolute atomic E-state index is 0.00353. The minimum atomic E-state index is -0.425. The van der Waals surface area contributed by atoms with Crippen molar-refractivity contribution in [2.24, 2.45) is 0 Å². The number of aromatic amines is 1. The molecule has 1 atom stereocenters. The van der Waals surface area contributed by atoms with Gasteiger partial charge in [0.2, 0.25) is 5.91 Å². The molecule has 1 fully saturated rings. The average Bonchev–Trinajstić information content (AvgIpc) is 3.30. The highest BCUT2D eigenvalue weighted by molar-refractivity contribution is 5.79. The van der Waals surface area contributed by atoms with E-state index < -0.39 is 5.82 Å². The number of ether oxygens (including phenoxy) is 1. The number of aromatic nitrogens is 3. The van der Waals surface area contributed by atoms with Crippen LogP contribution in [0.2, 0.25) is 0 Å². The van der Waals surface area contributed by atoms with E-state index in [1.54, 1.807) is 30.7 Å². The molecular formula is C20H19FN4O2. The molecular weight excluding hydrogens is 347 g/mol. The maximum absolute atomic E-state index is 13.9. The smallest absolute Gasteiger partial charge is 0.223 e. The molecule has 6 nitrogen and oxygen atoms in total. The molecule has 1 N–H and O–H groups in total. The Bertz CT molecular complexity index is 958. The summed E-state index contributed by atoms with van der Waals surface area (Å²) in [6.45, 7) is 1.17. The van der Waals surface area contributed by atoms with E-state index in [0.717, 1.165) is 11.4 Å². The lowest BCUT2D eigenvalue weighted by atomic mass is 10.1. The topological polar surface area (TPSA) is 71.1 Å². The summed E-state index contributed by atoms with van der Waals surface area (Å²) in [5, 5.41) is 0. The van der Waals surface area contributed by atoms with Crippen LogP contribution in [-0.4, -0.2) is 39.4 Å². The van der Waals surface area contributed by atoms with Gasteiger partial charge in [-0.15, -0.1) is 0 Å². The highest BCUT2D eigenvalue weighted by Gasteiger charge is 2.32. The fraction of sp³-hybridized carbons (Fsp3) is 0.250. The largest absolute Gasteiger partial charge is 0.494 e. The molecule has 1 saturated heterocycles. The Balaban J connectivity index is 1.49. The third-order valence-electron chi connectivity index (χ3n) is 4.78. The Morgan fingerprint density at radius 2 is 2.11 bits per heavy atom. The van der Waals surface area contributed by atoms with Gasteiger partial charge in [-0.25, -0.2) is 9.37 Å². The van der Waals surface area contributed by atoms with E-state index in [4.69, 9.17) is 4.74 Å². The predicted octanol–water partition coefficient (Wildman–Crippen LogP) is 3.14. The summed E-state index contributed by atoms with van der Waals surface area (Å²) >= 11 is 0. The Labute approximate surface area is 156 Å². The SMILES string of the molecule is COc1ccc(-c2cnc(C3CC(=O)N(Cc4ccncc4)C3)[nH]2)cc1F. The number of hydrogen-bond acceptors (Lipinski definition) is 4. The van der Waals surface area contributed by atoms with Crippen LogP contribution in [0.4, 0.5) is 4.39 Å². The van der Waals surface area contributed by atoms with Crippen molar-refractivity contribution in [1.82, 2.24) is 19.9 Å². The van der Waals surface area contributed by atoms with Gasteiger partial charge >= 0.3 is 0 Å². The molecule has 3 aromatic rings. The fourth-order valence-electron chi connectivity index (χ4n) is 3.34. The predicted molar refractivity (Wildman–Crippen MR) is 97.5 cm³/mol. The fourth-order valence-corrected chi connectivity index (χ4v) is 3.34. The zero-order chi connectivity index (χ0) is 18.8. The van der Waals surface area contributed by atoms with E-state index in [2.05, 4.69) is 15.0 Å². The summed E-state index contributed by atoms with van der Waals surface area (Å²) in [6.07, 6.45) is 5.53. The molecule has 1 aliphatic heterocycles. The van der Waals surface area contributed by atoms with Crippen molar-refractivity contribution >= 4 is 5.91 Å². The van der Waals surface area contributed by atoms with Crippen LogP contribution in [0.15, 0.2) is 48.9 Å². The molecule has 2 aromatic heterocycles. The van der Waals surface area contributed by atoms with Crippen molar-refractivity contribution in [2.75, 3.05) is 13.7 Å². The second kappa shape index (κ2) is 7.19. The number of imidazole rings is 1. The Morgan fingerprint density at radius 3 is 2.85 bits per heavy atom. The van der Waals surface area contributed by atoms with E-state index in [1.807, 2.05) is 17.0 Å². The van der Waals surface area contributed by atoms with Crippen molar-refractivity contribution in [3.05, 3.63) is 66.1 Å². The number of H-pyrrole nitrogens is 1. The van der Waals surface area contributed by atoms with Crippen molar-refractivity contribution in [1.29, 1.82) is 0 Å². The van der Waals surface area contributed by atoms with Gasteiger partial charge in [-0.3, -0.25) is 9.78 Å². The number of methoxy groups -OCH3 is 1. The van der Waals surface area contributed by atoms with Crippen LogP contribution < -0.4 is 4.74 Å². The number of amides is 1. The van der Waals surface area contributed by atoms with Crippen molar-refractivity contribution in [3.8, 4) is 17.0 Å². The zero-order valence-electron chi connectivity index (χ0n) is 14.9. The first-order chi connectivity index (χ1) is 13.1. The zero-order valence-corrected chi connectivity index (χ0v) is 14.9. The number of pyridine rings is 1.